The number of aliphatic hydroxyl groups is 1. The van der Waals surface area contributed by atoms with E-state index < -0.39 is 0 Å². The van der Waals surface area contributed by atoms with Crippen molar-refractivity contribution in [1.82, 2.24) is 34.3 Å². The van der Waals surface area contributed by atoms with Gasteiger partial charge in [0.1, 0.15) is 17.6 Å². The van der Waals surface area contributed by atoms with E-state index in [-0.39, 0.29) is 18.8 Å². The summed E-state index contributed by atoms with van der Waals surface area (Å²) in [6.07, 6.45) is 9.68. The topological polar surface area (TPSA) is 108 Å². The third-order valence-corrected chi connectivity index (χ3v) is 6.25. The van der Waals surface area contributed by atoms with Crippen molar-refractivity contribution in [3.63, 3.8) is 0 Å². The molecule has 2 N–H and O–H groups in total. The largest absolute Gasteiger partial charge is 0.475 e. The highest BCUT2D eigenvalue weighted by atomic mass is 16.5. The van der Waals surface area contributed by atoms with E-state index in [1.165, 1.54) is 0 Å². The van der Waals surface area contributed by atoms with Crippen molar-refractivity contribution >= 4 is 16.7 Å². The maximum Gasteiger partial charge on any atom is 0.212 e. The number of anilines is 1. The highest BCUT2D eigenvalue weighted by molar-refractivity contribution is 5.93. The first-order valence-electron chi connectivity index (χ1n) is 11.5. The number of hydrogen-bond acceptors (Lipinski definition) is 7. The third kappa shape index (κ3) is 4.18. The molecule has 0 aliphatic heterocycles. The van der Waals surface area contributed by atoms with Crippen LogP contribution in [-0.4, -0.2) is 52.1 Å². The first-order chi connectivity index (χ1) is 16.1. The van der Waals surface area contributed by atoms with Crippen LogP contribution < -0.4 is 10.1 Å². The van der Waals surface area contributed by atoms with Gasteiger partial charge >= 0.3 is 0 Å². The van der Waals surface area contributed by atoms with Gasteiger partial charge < -0.3 is 15.2 Å². The second-order valence-corrected chi connectivity index (χ2v) is 8.62. The van der Waals surface area contributed by atoms with Crippen LogP contribution >= 0.6 is 0 Å². The van der Waals surface area contributed by atoms with Crippen LogP contribution in [0.5, 0.6) is 5.88 Å². The highest BCUT2D eigenvalue weighted by Gasteiger charge is 2.27. The Morgan fingerprint density at radius 2 is 1.94 bits per heavy atom. The van der Waals surface area contributed by atoms with Crippen molar-refractivity contribution in [3.8, 4) is 17.1 Å². The first kappa shape index (κ1) is 21.4. The molecule has 1 aliphatic carbocycles. The fraction of sp³-hybridized carbons (Fsp3) is 0.478. The van der Waals surface area contributed by atoms with Crippen LogP contribution in [0.4, 0.5) is 5.82 Å². The van der Waals surface area contributed by atoms with Gasteiger partial charge in [-0.05, 0) is 32.6 Å². The van der Waals surface area contributed by atoms with Crippen LogP contribution in [0.1, 0.15) is 44.3 Å². The normalized spacial score (nSPS) is 18.7. The summed E-state index contributed by atoms with van der Waals surface area (Å²) in [4.78, 5) is 4.59. The zero-order chi connectivity index (χ0) is 22.9. The van der Waals surface area contributed by atoms with Crippen molar-refractivity contribution in [2.45, 2.75) is 51.4 Å². The van der Waals surface area contributed by atoms with Crippen LogP contribution in [0.2, 0.25) is 0 Å². The van der Waals surface area contributed by atoms with Crippen molar-refractivity contribution in [2.24, 2.45) is 14.1 Å². The molecule has 0 bridgehead atoms. The summed E-state index contributed by atoms with van der Waals surface area (Å²) in [7, 11) is 3.75. The molecule has 1 aliphatic rings. The lowest BCUT2D eigenvalue weighted by Gasteiger charge is -2.29. The van der Waals surface area contributed by atoms with E-state index in [2.05, 4.69) is 38.2 Å². The molecule has 33 heavy (non-hydrogen) atoms. The Bertz CT molecular complexity index is 1250. The Morgan fingerprint density at radius 3 is 2.61 bits per heavy atom. The van der Waals surface area contributed by atoms with Crippen molar-refractivity contribution in [3.05, 3.63) is 36.4 Å². The average Bonchev–Trinajstić information content (AvgIpc) is 3.51. The van der Waals surface area contributed by atoms with Crippen molar-refractivity contribution < 1.29 is 9.84 Å². The lowest BCUT2D eigenvalue weighted by atomic mass is 9.93. The summed E-state index contributed by atoms with van der Waals surface area (Å²) >= 11 is 0. The molecule has 10 heteroatoms. The standard InChI is InChI=1S/C23H30N8O2/c1-4-24-21-10-20-19(12-25-21)23(15-11-26-29(2)13-15)28-31(20)17-5-7-18(8-6-17)33-22-9-16(14-32)27-30(22)3/h9-13,17-18,32H,4-8,14H2,1-3H3,(H,24,25). The molecule has 0 saturated heterocycles. The predicted molar refractivity (Wildman–Crippen MR) is 125 cm³/mol. The van der Waals surface area contributed by atoms with Gasteiger partial charge in [-0.1, -0.05) is 0 Å². The van der Waals surface area contributed by atoms with E-state index in [0.29, 0.717) is 11.6 Å². The van der Waals surface area contributed by atoms with E-state index in [9.17, 15) is 5.11 Å². The lowest BCUT2D eigenvalue weighted by molar-refractivity contribution is 0.121. The molecule has 0 amide bonds. The summed E-state index contributed by atoms with van der Waals surface area (Å²) in [5.41, 5.74) is 3.62. The molecule has 1 fully saturated rings. The Kier molecular flexibility index (Phi) is 5.76. The van der Waals surface area contributed by atoms with Gasteiger partial charge in [-0.2, -0.15) is 15.3 Å². The minimum Gasteiger partial charge on any atom is -0.475 e. The van der Waals surface area contributed by atoms with Crippen LogP contribution in [-0.2, 0) is 20.7 Å². The second kappa shape index (κ2) is 8.86. The summed E-state index contributed by atoms with van der Waals surface area (Å²) in [5.74, 6) is 1.56. The Balaban J connectivity index is 1.40. The van der Waals surface area contributed by atoms with E-state index in [4.69, 9.17) is 9.84 Å². The van der Waals surface area contributed by atoms with Crippen LogP contribution in [0.3, 0.4) is 0 Å². The van der Waals surface area contributed by atoms with Crippen LogP contribution in [0.15, 0.2) is 30.7 Å². The fourth-order valence-corrected chi connectivity index (χ4v) is 4.62. The molecule has 174 valence electrons. The highest BCUT2D eigenvalue weighted by Crippen LogP contribution is 2.36. The molecule has 4 aromatic heterocycles. The van der Waals surface area contributed by atoms with E-state index >= 15 is 0 Å². The molecule has 1 saturated carbocycles. The number of aryl methyl sites for hydroxylation is 2. The molecule has 0 aromatic carbocycles. The van der Waals surface area contributed by atoms with Gasteiger partial charge in [-0.15, -0.1) is 0 Å². The van der Waals surface area contributed by atoms with E-state index in [0.717, 1.165) is 60.2 Å². The number of nitrogens with zero attached hydrogens (tertiary/aromatic N) is 7. The number of pyridine rings is 1. The summed E-state index contributed by atoms with van der Waals surface area (Å²) < 4.78 is 11.9. The van der Waals surface area contributed by atoms with Gasteiger partial charge in [0.2, 0.25) is 5.88 Å². The quantitative estimate of drug-likeness (QED) is 0.445. The van der Waals surface area contributed by atoms with Gasteiger partial charge in [0.05, 0.1) is 30.1 Å². The Hall–Kier alpha value is -3.40. The average molecular weight is 451 g/mol. The molecule has 5 rings (SSSR count). The monoisotopic (exact) mass is 450 g/mol. The number of rotatable bonds is 7. The molecule has 0 radical (unpaired) electrons. The first-order valence-corrected chi connectivity index (χ1v) is 11.5. The minimum atomic E-state index is -0.0840. The van der Waals surface area contributed by atoms with Crippen molar-refractivity contribution in [1.29, 1.82) is 0 Å². The fourth-order valence-electron chi connectivity index (χ4n) is 4.62. The molecule has 0 atom stereocenters. The minimum absolute atomic E-state index is 0.0840. The zero-order valence-electron chi connectivity index (χ0n) is 19.3. The molecule has 4 aromatic rings. The van der Waals surface area contributed by atoms with E-state index in [1.807, 2.05) is 38.8 Å². The maximum absolute atomic E-state index is 9.31. The Labute approximate surface area is 192 Å². The van der Waals surface area contributed by atoms with Crippen LogP contribution in [0.25, 0.3) is 22.2 Å². The number of ether oxygens (including phenoxy) is 1. The number of aliphatic hydroxyl groups excluding tert-OH is 1. The van der Waals surface area contributed by atoms with Gasteiger partial charge in [-0.3, -0.25) is 9.36 Å². The molecular formula is C23H30N8O2. The summed E-state index contributed by atoms with van der Waals surface area (Å²) in [6.45, 7) is 2.80. The van der Waals surface area contributed by atoms with Gasteiger partial charge in [0.25, 0.3) is 0 Å². The zero-order valence-corrected chi connectivity index (χ0v) is 19.3. The predicted octanol–water partition coefficient (Wildman–Crippen LogP) is 3.05. The molecule has 10 nitrogen and oxygen atoms in total. The van der Waals surface area contributed by atoms with Gasteiger partial charge in [0.15, 0.2) is 0 Å². The number of aromatic nitrogens is 7. The van der Waals surface area contributed by atoms with Crippen LogP contribution in [0, 0.1) is 0 Å². The smallest absolute Gasteiger partial charge is 0.212 e. The number of hydrogen-bond donors (Lipinski definition) is 2. The number of nitrogens with one attached hydrogen (secondary N) is 1. The SMILES string of the molecule is CCNc1cc2c(cn1)c(-c1cnn(C)c1)nn2C1CCC(Oc2cc(CO)nn2C)CC1. The Morgan fingerprint density at radius 1 is 1.12 bits per heavy atom. The summed E-state index contributed by atoms with van der Waals surface area (Å²) in [5, 5.41) is 27.3. The van der Waals surface area contributed by atoms with E-state index in [1.54, 1.807) is 9.36 Å². The van der Waals surface area contributed by atoms with Gasteiger partial charge in [0, 0.05) is 56.1 Å². The second-order valence-electron chi connectivity index (χ2n) is 8.62. The molecule has 0 spiro atoms. The molecule has 0 unspecified atom stereocenters. The summed E-state index contributed by atoms with van der Waals surface area (Å²) in [6, 6.07) is 4.19. The van der Waals surface area contributed by atoms with Gasteiger partial charge in [-0.25, -0.2) is 9.67 Å². The maximum atomic E-state index is 9.31. The number of fused-ring (bicyclic) bond motifs is 1. The molecular weight excluding hydrogens is 420 g/mol. The lowest BCUT2D eigenvalue weighted by Crippen LogP contribution is -2.27. The molecule has 4 heterocycles. The van der Waals surface area contributed by atoms with Crippen molar-refractivity contribution in [2.75, 3.05) is 11.9 Å². The third-order valence-electron chi connectivity index (χ3n) is 6.25.